The lowest BCUT2D eigenvalue weighted by molar-refractivity contribution is 0.112. The summed E-state index contributed by atoms with van der Waals surface area (Å²) in [6.07, 6.45) is 3.96. The predicted molar refractivity (Wildman–Crippen MR) is 54.5 cm³/mol. The van der Waals surface area contributed by atoms with Gasteiger partial charge in [-0.3, -0.25) is 4.79 Å². The molecule has 0 radical (unpaired) electrons. The predicted octanol–water partition coefficient (Wildman–Crippen LogP) is 3.41. The molecule has 0 saturated carbocycles. The fourth-order valence-electron chi connectivity index (χ4n) is 1.26. The average molecular weight is 207 g/mol. The summed E-state index contributed by atoms with van der Waals surface area (Å²) >= 11 is 6.00. The van der Waals surface area contributed by atoms with Crippen LogP contribution in [0.2, 0.25) is 5.02 Å². The molecule has 0 aliphatic heterocycles. The van der Waals surface area contributed by atoms with Crippen molar-refractivity contribution in [2.24, 2.45) is 0 Å². The van der Waals surface area contributed by atoms with Crippen molar-refractivity contribution in [2.75, 3.05) is 0 Å². The van der Waals surface area contributed by atoms with E-state index in [1.165, 1.54) is 0 Å². The Morgan fingerprint density at radius 3 is 2.71 bits per heavy atom. The summed E-state index contributed by atoms with van der Waals surface area (Å²) in [4.78, 5) is 10.5. The van der Waals surface area contributed by atoms with E-state index in [0.717, 1.165) is 17.4 Å². The van der Waals surface area contributed by atoms with Crippen molar-refractivity contribution < 1.29 is 9.21 Å². The van der Waals surface area contributed by atoms with Crippen LogP contribution in [0.15, 0.2) is 41.2 Å². The van der Waals surface area contributed by atoms with Gasteiger partial charge in [0.05, 0.1) is 12.5 Å². The zero-order valence-corrected chi connectivity index (χ0v) is 7.99. The standard InChI is InChI=1S/C11H7ClO2/c12-11-5-8(6-13)1-2-10(11)9-3-4-14-7-9/h1-7H. The van der Waals surface area contributed by atoms with Gasteiger partial charge in [0.1, 0.15) is 6.29 Å². The lowest BCUT2D eigenvalue weighted by Gasteiger charge is -2.00. The van der Waals surface area contributed by atoms with Crippen LogP contribution in [0.1, 0.15) is 10.4 Å². The fraction of sp³-hybridized carbons (Fsp3) is 0. The van der Waals surface area contributed by atoms with Crippen molar-refractivity contribution in [1.82, 2.24) is 0 Å². The molecular weight excluding hydrogens is 200 g/mol. The topological polar surface area (TPSA) is 30.2 Å². The minimum atomic E-state index is 0.552. The third-order valence-corrected chi connectivity index (χ3v) is 2.27. The van der Waals surface area contributed by atoms with E-state index in [2.05, 4.69) is 0 Å². The highest BCUT2D eigenvalue weighted by molar-refractivity contribution is 6.33. The van der Waals surface area contributed by atoms with Gasteiger partial charge in [0.15, 0.2) is 0 Å². The Kier molecular flexibility index (Phi) is 2.37. The third kappa shape index (κ3) is 1.56. The molecule has 0 spiro atoms. The molecule has 2 nitrogen and oxygen atoms in total. The van der Waals surface area contributed by atoms with Crippen LogP contribution in [-0.2, 0) is 0 Å². The fourth-order valence-corrected chi connectivity index (χ4v) is 1.55. The van der Waals surface area contributed by atoms with E-state index in [1.54, 1.807) is 30.7 Å². The largest absolute Gasteiger partial charge is 0.472 e. The molecule has 70 valence electrons. The molecule has 2 aromatic rings. The molecule has 0 aliphatic rings. The second-order valence-corrected chi connectivity index (χ2v) is 3.28. The van der Waals surface area contributed by atoms with Crippen molar-refractivity contribution in [3.05, 3.63) is 47.4 Å². The van der Waals surface area contributed by atoms with Crippen LogP contribution in [0.4, 0.5) is 0 Å². The first-order valence-electron chi connectivity index (χ1n) is 4.08. The second kappa shape index (κ2) is 3.68. The van der Waals surface area contributed by atoms with E-state index in [4.69, 9.17) is 16.0 Å². The second-order valence-electron chi connectivity index (χ2n) is 2.87. The Labute approximate surface area is 86.1 Å². The summed E-state index contributed by atoms with van der Waals surface area (Å²) in [6.45, 7) is 0. The van der Waals surface area contributed by atoms with Crippen LogP contribution in [0.3, 0.4) is 0 Å². The van der Waals surface area contributed by atoms with Crippen LogP contribution in [0, 0.1) is 0 Å². The van der Waals surface area contributed by atoms with Crippen LogP contribution in [-0.4, -0.2) is 6.29 Å². The molecule has 0 saturated heterocycles. The van der Waals surface area contributed by atoms with E-state index >= 15 is 0 Å². The van der Waals surface area contributed by atoms with Gasteiger partial charge in [-0.2, -0.15) is 0 Å². The van der Waals surface area contributed by atoms with Gasteiger partial charge in [0.2, 0.25) is 0 Å². The van der Waals surface area contributed by atoms with Gasteiger partial charge in [-0.05, 0) is 12.1 Å². The molecule has 0 unspecified atom stereocenters. The smallest absolute Gasteiger partial charge is 0.150 e. The molecule has 14 heavy (non-hydrogen) atoms. The zero-order valence-electron chi connectivity index (χ0n) is 7.24. The highest BCUT2D eigenvalue weighted by atomic mass is 35.5. The van der Waals surface area contributed by atoms with Crippen molar-refractivity contribution in [1.29, 1.82) is 0 Å². The summed E-state index contributed by atoms with van der Waals surface area (Å²) < 4.78 is 4.95. The lowest BCUT2D eigenvalue weighted by Crippen LogP contribution is -1.81. The molecule has 2 rings (SSSR count). The number of benzene rings is 1. The Morgan fingerprint density at radius 1 is 1.29 bits per heavy atom. The summed E-state index contributed by atoms with van der Waals surface area (Å²) in [7, 11) is 0. The molecular formula is C11H7ClO2. The Hall–Kier alpha value is -1.54. The van der Waals surface area contributed by atoms with E-state index in [0.29, 0.717) is 10.6 Å². The van der Waals surface area contributed by atoms with Crippen molar-refractivity contribution >= 4 is 17.9 Å². The van der Waals surface area contributed by atoms with Gasteiger partial charge in [-0.25, -0.2) is 0 Å². The van der Waals surface area contributed by atoms with Gasteiger partial charge in [-0.1, -0.05) is 23.7 Å². The molecule has 0 aliphatic carbocycles. The minimum Gasteiger partial charge on any atom is -0.472 e. The number of halogens is 1. The number of hydrogen-bond donors (Lipinski definition) is 0. The molecule has 0 N–H and O–H groups in total. The summed E-state index contributed by atoms with van der Waals surface area (Å²) in [5, 5.41) is 0.552. The SMILES string of the molecule is O=Cc1ccc(-c2ccoc2)c(Cl)c1. The molecule has 0 bridgehead atoms. The van der Waals surface area contributed by atoms with E-state index in [1.807, 2.05) is 6.07 Å². The average Bonchev–Trinajstić information content (AvgIpc) is 2.70. The molecule has 0 fully saturated rings. The summed E-state index contributed by atoms with van der Waals surface area (Å²) in [5.41, 5.74) is 2.35. The highest BCUT2D eigenvalue weighted by Gasteiger charge is 2.04. The summed E-state index contributed by atoms with van der Waals surface area (Å²) in [5.74, 6) is 0. The Bertz CT molecular complexity index is 446. The molecule has 3 heteroatoms. The normalized spacial score (nSPS) is 10.1. The number of carbonyl (C=O) groups excluding carboxylic acids is 1. The zero-order chi connectivity index (χ0) is 9.97. The monoisotopic (exact) mass is 206 g/mol. The van der Waals surface area contributed by atoms with Crippen molar-refractivity contribution in [3.8, 4) is 11.1 Å². The highest BCUT2D eigenvalue weighted by Crippen LogP contribution is 2.28. The third-order valence-electron chi connectivity index (χ3n) is 1.96. The summed E-state index contributed by atoms with van der Waals surface area (Å²) in [6, 6.07) is 6.98. The molecule has 0 amide bonds. The van der Waals surface area contributed by atoms with Gasteiger partial charge in [0.25, 0.3) is 0 Å². The van der Waals surface area contributed by atoms with Gasteiger partial charge >= 0.3 is 0 Å². The van der Waals surface area contributed by atoms with E-state index in [-0.39, 0.29) is 0 Å². The minimum absolute atomic E-state index is 0.552. The van der Waals surface area contributed by atoms with Crippen LogP contribution in [0.25, 0.3) is 11.1 Å². The Balaban J connectivity index is 2.51. The van der Waals surface area contributed by atoms with E-state index < -0.39 is 0 Å². The quantitative estimate of drug-likeness (QED) is 0.705. The lowest BCUT2D eigenvalue weighted by atomic mass is 10.1. The Morgan fingerprint density at radius 2 is 2.14 bits per heavy atom. The first-order chi connectivity index (χ1) is 6.81. The number of rotatable bonds is 2. The van der Waals surface area contributed by atoms with Crippen molar-refractivity contribution in [3.63, 3.8) is 0 Å². The number of carbonyl (C=O) groups is 1. The molecule has 1 aromatic carbocycles. The van der Waals surface area contributed by atoms with Crippen LogP contribution >= 0.6 is 11.6 Å². The van der Waals surface area contributed by atoms with Crippen LogP contribution in [0.5, 0.6) is 0 Å². The number of aldehydes is 1. The van der Waals surface area contributed by atoms with E-state index in [9.17, 15) is 4.79 Å². The van der Waals surface area contributed by atoms with Gasteiger partial charge in [0, 0.05) is 21.7 Å². The maximum atomic E-state index is 10.5. The number of furan rings is 1. The first kappa shape index (κ1) is 9.03. The maximum Gasteiger partial charge on any atom is 0.150 e. The molecule has 1 aromatic heterocycles. The van der Waals surface area contributed by atoms with Crippen LogP contribution < -0.4 is 0 Å². The molecule has 0 atom stereocenters. The van der Waals surface area contributed by atoms with Gasteiger partial charge in [-0.15, -0.1) is 0 Å². The van der Waals surface area contributed by atoms with Crippen molar-refractivity contribution in [2.45, 2.75) is 0 Å². The number of hydrogen-bond acceptors (Lipinski definition) is 2. The first-order valence-corrected chi connectivity index (χ1v) is 4.46. The molecule has 1 heterocycles. The van der Waals surface area contributed by atoms with Gasteiger partial charge < -0.3 is 4.42 Å². The maximum absolute atomic E-state index is 10.5.